The Morgan fingerprint density at radius 3 is 2.87 bits per heavy atom. The summed E-state index contributed by atoms with van der Waals surface area (Å²) in [5.41, 5.74) is 9.12. The van der Waals surface area contributed by atoms with Crippen LogP contribution in [0.25, 0.3) is 0 Å². The molecule has 5 nitrogen and oxygen atoms in total. The number of nitrogens with two attached hydrogens (primary N) is 1. The van der Waals surface area contributed by atoms with Gasteiger partial charge in [-0.25, -0.2) is 9.98 Å². The number of pyridine rings is 1. The number of benzene rings is 1. The summed E-state index contributed by atoms with van der Waals surface area (Å²) >= 11 is 3.49. The molecular formula is C17H21BrN4O. The zero-order chi connectivity index (χ0) is 16.8. The van der Waals surface area contributed by atoms with Gasteiger partial charge in [0, 0.05) is 19.3 Å². The molecule has 0 bridgehead atoms. The van der Waals surface area contributed by atoms with Crippen LogP contribution in [0.1, 0.15) is 18.2 Å². The van der Waals surface area contributed by atoms with Gasteiger partial charge in [0.05, 0.1) is 22.2 Å². The van der Waals surface area contributed by atoms with Gasteiger partial charge in [0.15, 0.2) is 0 Å². The lowest BCUT2D eigenvalue weighted by molar-refractivity contribution is 0.291. The number of aryl methyl sites for hydroxylation is 1. The zero-order valence-corrected chi connectivity index (χ0v) is 15.2. The van der Waals surface area contributed by atoms with Crippen molar-refractivity contribution in [2.75, 3.05) is 19.3 Å². The Bertz CT molecular complexity index is 703. The molecule has 0 aliphatic carbocycles. The van der Waals surface area contributed by atoms with Gasteiger partial charge in [-0.05, 0) is 53.5 Å². The smallest absolute Gasteiger partial charge is 0.228 e. The molecule has 1 heterocycles. The lowest BCUT2D eigenvalue weighted by Gasteiger charge is -2.11. The number of hydrogen-bond donors (Lipinski definition) is 1. The van der Waals surface area contributed by atoms with Gasteiger partial charge >= 0.3 is 0 Å². The van der Waals surface area contributed by atoms with Crippen molar-refractivity contribution in [1.29, 1.82) is 0 Å². The van der Waals surface area contributed by atoms with Crippen molar-refractivity contribution in [3.05, 3.63) is 46.1 Å². The lowest BCUT2D eigenvalue weighted by atomic mass is 10.2. The van der Waals surface area contributed by atoms with Crippen molar-refractivity contribution in [1.82, 2.24) is 9.88 Å². The average molecular weight is 377 g/mol. The summed E-state index contributed by atoms with van der Waals surface area (Å²) in [6.07, 6.45) is 1.80. The second kappa shape index (κ2) is 7.97. The number of anilines is 1. The molecule has 0 spiro atoms. The van der Waals surface area contributed by atoms with Crippen molar-refractivity contribution < 1.29 is 4.74 Å². The Kier molecular flexibility index (Phi) is 5.98. The fourth-order valence-corrected chi connectivity index (χ4v) is 2.28. The molecule has 0 fully saturated rings. The number of nitrogens with zero attached hydrogens (tertiary/aromatic N) is 3. The third-order valence-corrected chi connectivity index (χ3v) is 3.90. The molecule has 0 radical (unpaired) electrons. The molecule has 0 saturated carbocycles. The highest BCUT2D eigenvalue weighted by molar-refractivity contribution is 9.10. The molecule has 122 valence electrons. The lowest BCUT2D eigenvalue weighted by Crippen LogP contribution is -2.14. The van der Waals surface area contributed by atoms with Crippen molar-refractivity contribution in [2.24, 2.45) is 4.99 Å². The van der Waals surface area contributed by atoms with Gasteiger partial charge in [-0.2, -0.15) is 0 Å². The summed E-state index contributed by atoms with van der Waals surface area (Å²) in [6.45, 7) is 5.30. The number of aromatic nitrogens is 1. The molecule has 2 rings (SSSR count). The molecule has 0 aliphatic rings. The predicted octanol–water partition coefficient (Wildman–Crippen LogP) is 3.93. The van der Waals surface area contributed by atoms with Gasteiger partial charge in [0.2, 0.25) is 5.88 Å². The van der Waals surface area contributed by atoms with Gasteiger partial charge in [0.25, 0.3) is 0 Å². The third kappa shape index (κ3) is 4.96. The number of hydrogen-bond acceptors (Lipinski definition) is 4. The molecule has 0 atom stereocenters. The van der Waals surface area contributed by atoms with Crippen molar-refractivity contribution in [3.8, 4) is 5.88 Å². The van der Waals surface area contributed by atoms with Gasteiger partial charge in [0.1, 0.15) is 6.61 Å². The fraction of sp³-hybridized carbons (Fsp3) is 0.294. The highest BCUT2D eigenvalue weighted by atomic mass is 79.9. The molecule has 0 aliphatic heterocycles. The van der Waals surface area contributed by atoms with E-state index in [1.165, 1.54) is 0 Å². The van der Waals surface area contributed by atoms with Crippen LogP contribution < -0.4 is 10.5 Å². The van der Waals surface area contributed by atoms with Crippen molar-refractivity contribution in [2.45, 2.75) is 20.5 Å². The summed E-state index contributed by atoms with van der Waals surface area (Å²) < 4.78 is 6.56. The first-order valence-electron chi connectivity index (χ1n) is 7.38. The molecule has 1 aromatic carbocycles. The second-order valence-electron chi connectivity index (χ2n) is 5.23. The van der Waals surface area contributed by atoms with Crippen LogP contribution >= 0.6 is 15.9 Å². The third-order valence-electron chi connectivity index (χ3n) is 3.33. The zero-order valence-electron chi connectivity index (χ0n) is 13.6. The number of halogens is 1. The van der Waals surface area contributed by atoms with Crippen molar-refractivity contribution >= 4 is 33.6 Å². The summed E-state index contributed by atoms with van der Waals surface area (Å²) in [5, 5.41) is 0. The first kappa shape index (κ1) is 17.3. The van der Waals surface area contributed by atoms with Gasteiger partial charge in [-0.3, -0.25) is 0 Å². The van der Waals surface area contributed by atoms with E-state index in [4.69, 9.17) is 10.5 Å². The van der Waals surface area contributed by atoms with E-state index in [0.717, 1.165) is 33.6 Å². The molecular weight excluding hydrogens is 356 g/mol. The quantitative estimate of drug-likeness (QED) is 0.471. The largest absolute Gasteiger partial charge is 0.472 e. The minimum absolute atomic E-state index is 0.414. The number of ether oxygens (including phenoxy) is 1. The van der Waals surface area contributed by atoms with E-state index in [2.05, 4.69) is 32.8 Å². The van der Waals surface area contributed by atoms with E-state index in [1.54, 1.807) is 6.34 Å². The average Bonchev–Trinajstić information content (AvgIpc) is 2.53. The van der Waals surface area contributed by atoms with Gasteiger partial charge in [-0.15, -0.1) is 0 Å². The molecule has 0 unspecified atom stereocenters. The Morgan fingerprint density at radius 2 is 2.17 bits per heavy atom. The monoisotopic (exact) mass is 376 g/mol. The molecule has 2 aromatic rings. The SMILES string of the molecule is CCN(C)/C=N/c1cc(Br)c(OCc2cccc(N)c2)nc1C. The summed E-state index contributed by atoms with van der Waals surface area (Å²) in [6, 6.07) is 9.53. The standard InChI is InChI=1S/C17H21BrN4O/c1-4-22(3)11-20-16-9-15(18)17(21-12(16)2)23-10-13-6-5-7-14(19)8-13/h5-9,11H,4,10,19H2,1-3H3/b20-11+. The summed E-state index contributed by atoms with van der Waals surface area (Å²) in [7, 11) is 1.98. The Hall–Kier alpha value is -2.08. The number of nitrogen functional groups attached to an aromatic ring is 1. The van der Waals surface area contributed by atoms with Crippen LogP contribution in [0.3, 0.4) is 0 Å². The van der Waals surface area contributed by atoms with E-state index in [9.17, 15) is 0 Å². The van der Waals surface area contributed by atoms with Crippen LogP contribution in [-0.4, -0.2) is 29.8 Å². The van der Waals surface area contributed by atoms with E-state index in [0.29, 0.717) is 12.5 Å². The normalized spacial score (nSPS) is 11.0. The predicted molar refractivity (Wildman–Crippen MR) is 98.3 cm³/mol. The van der Waals surface area contributed by atoms with Crippen LogP contribution in [0.4, 0.5) is 11.4 Å². The number of rotatable bonds is 6. The second-order valence-corrected chi connectivity index (χ2v) is 6.09. The minimum Gasteiger partial charge on any atom is -0.472 e. The van der Waals surface area contributed by atoms with Crippen LogP contribution in [-0.2, 0) is 6.61 Å². The molecule has 2 N–H and O–H groups in total. The molecule has 23 heavy (non-hydrogen) atoms. The maximum atomic E-state index is 5.78. The van der Waals surface area contributed by atoms with E-state index in [-0.39, 0.29) is 0 Å². The Balaban J connectivity index is 2.12. The molecule has 1 aromatic heterocycles. The van der Waals surface area contributed by atoms with Gasteiger partial charge in [-0.1, -0.05) is 12.1 Å². The molecule has 6 heteroatoms. The minimum atomic E-state index is 0.414. The highest BCUT2D eigenvalue weighted by Gasteiger charge is 2.08. The molecule has 0 amide bonds. The van der Waals surface area contributed by atoms with E-state index in [1.807, 2.05) is 49.2 Å². The van der Waals surface area contributed by atoms with Crippen molar-refractivity contribution in [3.63, 3.8) is 0 Å². The Morgan fingerprint density at radius 1 is 1.39 bits per heavy atom. The molecule has 0 saturated heterocycles. The van der Waals surface area contributed by atoms with E-state index < -0.39 is 0 Å². The first-order valence-corrected chi connectivity index (χ1v) is 8.17. The fourth-order valence-electron chi connectivity index (χ4n) is 1.86. The maximum Gasteiger partial charge on any atom is 0.228 e. The highest BCUT2D eigenvalue weighted by Crippen LogP contribution is 2.30. The maximum absolute atomic E-state index is 5.78. The number of aliphatic imine (C=N–C) groups is 1. The van der Waals surface area contributed by atoms with Gasteiger partial charge < -0.3 is 15.4 Å². The first-order chi connectivity index (χ1) is 11.0. The van der Waals surface area contributed by atoms with Crippen LogP contribution in [0, 0.1) is 6.92 Å². The van der Waals surface area contributed by atoms with E-state index >= 15 is 0 Å². The summed E-state index contributed by atoms with van der Waals surface area (Å²) in [4.78, 5) is 10.9. The Labute approximate surface area is 145 Å². The van der Waals surface area contributed by atoms with Crippen LogP contribution in [0.15, 0.2) is 39.8 Å². The summed E-state index contributed by atoms with van der Waals surface area (Å²) in [5.74, 6) is 0.549. The topological polar surface area (TPSA) is 63.7 Å². The van der Waals surface area contributed by atoms with Crippen LogP contribution in [0.5, 0.6) is 5.88 Å². The van der Waals surface area contributed by atoms with Crippen LogP contribution in [0.2, 0.25) is 0 Å².